The molecule has 1 atom stereocenters. The molecule has 0 radical (unpaired) electrons. The molecule has 2 rings (SSSR count). The molecular weight excluding hydrogens is 264 g/mol. The second-order valence-electron chi connectivity index (χ2n) is 4.12. The van der Waals surface area contributed by atoms with E-state index in [1.807, 2.05) is 6.07 Å². The van der Waals surface area contributed by atoms with Gasteiger partial charge >= 0.3 is 0 Å². The van der Waals surface area contributed by atoms with Crippen LogP contribution < -0.4 is 5.32 Å². The first kappa shape index (κ1) is 12.9. The monoisotopic (exact) mass is 276 g/mol. The van der Waals surface area contributed by atoms with Crippen molar-refractivity contribution in [3.63, 3.8) is 0 Å². The highest BCUT2D eigenvalue weighted by Crippen LogP contribution is 2.29. The summed E-state index contributed by atoms with van der Waals surface area (Å²) in [4.78, 5) is 2.57. The van der Waals surface area contributed by atoms with Crippen molar-refractivity contribution in [2.24, 2.45) is 0 Å². The molecule has 1 aromatic carbocycles. The van der Waals surface area contributed by atoms with Crippen LogP contribution >= 0.6 is 22.9 Å². The molecule has 2 nitrogen and oxygen atoms in total. The molecule has 4 heteroatoms. The van der Waals surface area contributed by atoms with E-state index in [2.05, 4.69) is 37.4 Å². The van der Waals surface area contributed by atoms with Crippen molar-refractivity contribution in [1.82, 2.24) is 0 Å². The number of benzene rings is 1. The number of nitrogens with one attached hydrogen (secondary N) is 1. The highest BCUT2D eigenvalue weighted by atomic mass is 35.5. The number of nitrogens with zero attached hydrogens (tertiary/aromatic N) is 1. The first-order chi connectivity index (χ1) is 8.60. The lowest BCUT2D eigenvalue weighted by molar-refractivity contribution is 0.908. The second kappa shape index (κ2) is 5.43. The van der Waals surface area contributed by atoms with Gasteiger partial charge in [-0.25, -0.2) is 0 Å². The Morgan fingerprint density at radius 2 is 2.11 bits per heavy atom. The number of nitriles is 1. The molecule has 92 valence electrons. The molecule has 1 aromatic heterocycles. The van der Waals surface area contributed by atoms with E-state index in [1.54, 1.807) is 23.5 Å². The lowest BCUT2D eigenvalue weighted by atomic mass is 10.2. The molecule has 1 unspecified atom stereocenters. The van der Waals surface area contributed by atoms with Crippen LogP contribution in [0.25, 0.3) is 0 Å². The van der Waals surface area contributed by atoms with Gasteiger partial charge in [0.1, 0.15) is 0 Å². The zero-order valence-corrected chi connectivity index (χ0v) is 11.8. The first-order valence-corrected chi connectivity index (χ1v) is 6.82. The third-order valence-electron chi connectivity index (χ3n) is 2.66. The SMILES string of the molecule is Cc1ccc(C(C)Nc2ccc(C#N)cc2Cl)s1. The molecule has 0 aliphatic carbocycles. The number of thiophene rings is 1. The maximum absolute atomic E-state index is 8.79. The van der Waals surface area contributed by atoms with E-state index < -0.39 is 0 Å². The molecule has 0 amide bonds. The zero-order valence-electron chi connectivity index (χ0n) is 10.2. The van der Waals surface area contributed by atoms with Crippen LogP contribution in [0.3, 0.4) is 0 Å². The fraction of sp³-hybridized carbons (Fsp3) is 0.214. The third kappa shape index (κ3) is 2.84. The predicted octanol–water partition coefficient (Wildman–Crippen LogP) is 4.75. The van der Waals surface area contributed by atoms with E-state index >= 15 is 0 Å². The van der Waals surface area contributed by atoms with E-state index in [9.17, 15) is 0 Å². The summed E-state index contributed by atoms with van der Waals surface area (Å²) < 4.78 is 0. The quantitative estimate of drug-likeness (QED) is 0.878. The van der Waals surface area contributed by atoms with Gasteiger partial charge in [-0.2, -0.15) is 5.26 Å². The van der Waals surface area contributed by atoms with Crippen molar-refractivity contribution in [1.29, 1.82) is 5.26 Å². The van der Waals surface area contributed by atoms with E-state index in [-0.39, 0.29) is 6.04 Å². The number of aryl methyl sites for hydroxylation is 1. The first-order valence-electron chi connectivity index (χ1n) is 5.62. The lowest BCUT2D eigenvalue weighted by Crippen LogP contribution is -2.05. The molecule has 0 spiro atoms. The number of halogens is 1. The van der Waals surface area contributed by atoms with Gasteiger partial charge in [-0.05, 0) is 44.2 Å². The second-order valence-corrected chi connectivity index (χ2v) is 5.85. The fourth-order valence-electron chi connectivity index (χ4n) is 1.69. The molecule has 0 aliphatic rings. The van der Waals surface area contributed by atoms with E-state index in [0.29, 0.717) is 10.6 Å². The molecule has 0 bridgehead atoms. The van der Waals surface area contributed by atoms with Gasteiger partial charge in [0.25, 0.3) is 0 Å². The van der Waals surface area contributed by atoms with Crippen molar-refractivity contribution in [3.8, 4) is 6.07 Å². The van der Waals surface area contributed by atoms with Crippen LogP contribution in [0, 0.1) is 18.3 Å². The molecule has 0 saturated carbocycles. The minimum absolute atomic E-state index is 0.203. The summed E-state index contributed by atoms with van der Waals surface area (Å²) in [6.07, 6.45) is 0. The van der Waals surface area contributed by atoms with Gasteiger partial charge in [-0.1, -0.05) is 11.6 Å². The van der Waals surface area contributed by atoms with Gasteiger partial charge in [0.05, 0.1) is 28.4 Å². The Morgan fingerprint density at radius 3 is 2.67 bits per heavy atom. The topological polar surface area (TPSA) is 35.8 Å². The van der Waals surface area contributed by atoms with Crippen LogP contribution in [0.5, 0.6) is 0 Å². The van der Waals surface area contributed by atoms with Gasteiger partial charge in [-0.15, -0.1) is 11.3 Å². The van der Waals surface area contributed by atoms with Crippen LogP contribution in [0.4, 0.5) is 5.69 Å². The lowest BCUT2D eigenvalue weighted by Gasteiger charge is -2.15. The standard InChI is InChI=1S/C14H13ClN2S/c1-9-3-6-14(18-9)10(2)17-13-5-4-11(8-16)7-12(13)15/h3-7,10,17H,1-2H3. The maximum atomic E-state index is 8.79. The molecule has 1 heterocycles. The van der Waals surface area contributed by atoms with Crippen LogP contribution in [0.2, 0.25) is 5.02 Å². The zero-order chi connectivity index (χ0) is 13.1. The van der Waals surface area contributed by atoms with Crippen molar-refractivity contribution in [2.45, 2.75) is 19.9 Å². The predicted molar refractivity (Wildman–Crippen MR) is 77.3 cm³/mol. The molecule has 0 fully saturated rings. The van der Waals surface area contributed by atoms with Crippen LogP contribution in [0.15, 0.2) is 30.3 Å². The van der Waals surface area contributed by atoms with Crippen molar-refractivity contribution < 1.29 is 0 Å². The summed E-state index contributed by atoms with van der Waals surface area (Å²) in [7, 11) is 0. The minimum atomic E-state index is 0.203. The number of rotatable bonds is 3. The van der Waals surface area contributed by atoms with Gasteiger partial charge < -0.3 is 5.32 Å². The summed E-state index contributed by atoms with van der Waals surface area (Å²) in [6, 6.07) is 11.8. The average Bonchev–Trinajstić information content (AvgIpc) is 2.78. The molecule has 0 saturated heterocycles. The summed E-state index contributed by atoms with van der Waals surface area (Å²) >= 11 is 7.91. The molecule has 0 aliphatic heterocycles. The summed E-state index contributed by atoms with van der Waals surface area (Å²) in [6.45, 7) is 4.19. The van der Waals surface area contributed by atoms with E-state index in [1.165, 1.54) is 9.75 Å². The minimum Gasteiger partial charge on any atom is -0.377 e. The Balaban J connectivity index is 2.17. The number of hydrogen-bond donors (Lipinski definition) is 1. The smallest absolute Gasteiger partial charge is 0.0992 e. The Hall–Kier alpha value is -1.50. The summed E-state index contributed by atoms with van der Waals surface area (Å²) in [5, 5.41) is 12.7. The average molecular weight is 277 g/mol. The number of hydrogen-bond acceptors (Lipinski definition) is 3. The van der Waals surface area contributed by atoms with Crippen LogP contribution in [0.1, 0.15) is 28.3 Å². The molecular formula is C14H13ClN2S. The normalized spacial score (nSPS) is 11.9. The van der Waals surface area contributed by atoms with Crippen LogP contribution in [-0.2, 0) is 0 Å². The van der Waals surface area contributed by atoms with Crippen molar-refractivity contribution in [2.75, 3.05) is 5.32 Å². The summed E-state index contributed by atoms with van der Waals surface area (Å²) in [5.74, 6) is 0. The van der Waals surface area contributed by atoms with Crippen molar-refractivity contribution >= 4 is 28.6 Å². The molecule has 1 N–H and O–H groups in total. The largest absolute Gasteiger partial charge is 0.377 e. The number of anilines is 1. The van der Waals surface area contributed by atoms with Gasteiger partial charge in [0.2, 0.25) is 0 Å². The Labute approximate surface area is 116 Å². The highest BCUT2D eigenvalue weighted by molar-refractivity contribution is 7.12. The Morgan fingerprint density at radius 1 is 1.33 bits per heavy atom. The van der Waals surface area contributed by atoms with Gasteiger partial charge in [0.15, 0.2) is 0 Å². The highest BCUT2D eigenvalue weighted by Gasteiger charge is 2.09. The summed E-state index contributed by atoms with van der Waals surface area (Å²) in [5.41, 5.74) is 1.43. The Bertz CT molecular complexity index is 598. The third-order valence-corrected chi connectivity index (χ3v) is 4.15. The molecule has 18 heavy (non-hydrogen) atoms. The fourth-order valence-corrected chi connectivity index (χ4v) is 2.81. The maximum Gasteiger partial charge on any atom is 0.0992 e. The molecule has 2 aromatic rings. The van der Waals surface area contributed by atoms with E-state index in [4.69, 9.17) is 16.9 Å². The van der Waals surface area contributed by atoms with E-state index in [0.717, 1.165) is 5.69 Å². The van der Waals surface area contributed by atoms with Crippen LogP contribution in [-0.4, -0.2) is 0 Å². The van der Waals surface area contributed by atoms with Gasteiger partial charge in [-0.3, -0.25) is 0 Å². The van der Waals surface area contributed by atoms with Crippen molar-refractivity contribution in [3.05, 3.63) is 50.7 Å². The van der Waals surface area contributed by atoms with Gasteiger partial charge in [0, 0.05) is 9.75 Å². The Kier molecular flexibility index (Phi) is 3.90.